The molecule has 1 aromatic heterocycles. The topological polar surface area (TPSA) is 76.2 Å². The van der Waals surface area contributed by atoms with E-state index in [1.54, 1.807) is 16.8 Å². The number of likely N-dealkylation sites (tertiary alicyclic amines) is 1. The highest BCUT2D eigenvalue weighted by Gasteiger charge is 2.17. The minimum atomic E-state index is -0.383. The summed E-state index contributed by atoms with van der Waals surface area (Å²) in [4.78, 5) is 13.0. The zero-order valence-corrected chi connectivity index (χ0v) is 15.5. The van der Waals surface area contributed by atoms with Crippen molar-refractivity contribution in [2.24, 2.45) is 7.05 Å². The van der Waals surface area contributed by atoms with Gasteiger partial charge in [0.25, 0.3) is 5.69 Å². The van der Waals surface area contributed by atoms with E-state index in [0.29, 0.717) is 6.04 Å². The Bertz CT molecular complexity index is 741. The number of aromatic nitrogens is 2. The molecule has 0 radical (unpaired) electrons. The Morgan fingerprint density at radius 1 is 1.31 bits per heavy atom. The van der Waals surface area contributed by atoms with E-state index in [2.05, 4.69) is 22.2 Å². The predicted octanol–water partition coefficient (Wildman–Crippen LogP) is 2.96. The zero-order chi connectivity index (χ0) is 18.5. The fourth-order valence-corrected chi connectivity index (χ4v) is 3.59. The molecule has 140 valence electrons. The van der Waals surface area contributed by atoms with Crippen LogP contribution in [0.1, 0.15) is 31.7 Å². The monoisotopic (exact) mass is 357 g/mol. The fraction of sp³-hybridized carbons (Fsp3) is 0.526. The molecule has 7 heteroatoms. The molecule has 1 aliphatic heterocycles. The number of nitro groups is 1. The number of hydrogen-bond donors (Lipinski definition) is 1. The first kappa shape index (κ1) is 18.5. The lowest BCUT2D eigenvalue weighted by atomic mass is 10.0. The van der Waals surface area contributed by atoms with Gasteiger partial charge in [-0.05, 0) is 38.4 Å². The van der Waals surface area contributed by atoms with Gasteiger partial charge in [0.15, 0.2) is 0 Å². The SMILES string of the molecule is CC1CCCCN1CCNCc1cn(C)nc1-c1ccc([N+](=O)[O-])cc1. The van der Waals surface area contributed by atoms with Crippen LogP contribution in [-0.2, 0) is 13.6 Å². The number of nitrogens with zero attached hydrogens (tertiary/aromatic N) is 4. The van der Waals surface area contributed by atoms with Gasteiger partial charge in [-0.25, -0.2) is 0 Å². The first-order valence-corrected chi connectivity index (χ1v) is 9.26. The number of aryl methyl sites for hydroxylation is 1. The smallest absolute Gasteiger partial charge is 0.269 e. The summed E-state index contributed by atoms with van der Waals surface area (Å²) in [5, 5.41) is 18.9. The molecule has 1 fully saturated rings. The summed E-state index contributed by atoms with van der Waals surface area (Å²) in [6.07, 6.45) is 5.96. The van der Waals surface area contributed by atoms with E-state index >= 15 is 0 Å². The molecule has 0 aliphatic carbocycles. The minimum Gasteiger partial charge on any atom is -0.311 e. The molecular weight excluding hydrogens is 330 g/mol. The number of non-ortho nitro benzene ring substituents is 1. The van der Waals surface area contributed by atoms with Crippen molar-refractivity contribution < 1.29 is 4.92 Å². The van der Waals surface area contributed by atoms with Crippen molar-refractivity contribution in [3.63, 3.8) is 0 Å². The van der Waals surface area contributed by atoms with Crippen LogP contribution in [0.15, 0.2) is 30.5 Å². The van der Waals surface area contributed by atoms with Crippen molar-refractivity contribution in [3.8, 4) is 11.3 Å². The summed E-state index contributed by atoms with van der Waals surface area (Å²) in [6.45, 7) is 6.26. The normalized spacial score (nSPS) is 18.2. The van der Waals surface area contributed by atoms with Crippen LogP contribution in [0, 0.1) is 10.1 Å². The molecule has 1 aliphatic rings. The number of hydrogen-bond acceptors (Lipinski definition) is 5. The molecule has 1 saturated heterocycles. The first-order chi connectivity index (χ1) is 12.5. The second kappa shape index (κ2) is 8.42. The summed E-state index contributed by atoms with van der Waals surface area (Å²) in [5.41, 5.74) is 2.98. The van der Waals surface area contributed by atoms with Crippen molar-refractivity contribution in [2.45, 2.75) is 38.8 Å². The molecule has 0 spiro atoms. The Kier molecular flexibility index (Phi) is 6.00. The average molecular weight is 357 g/mol. The predicted molar refractivity (Wildman–Crippen MR) is 102 cm³/mol. The van der Waals surface area contributed by atoms with Gasteiger partial charge in [-0.3, -0.25) is 19.7 Å². The van der Waals surface area contributed by atoms with Crippen LogP contribution >= 0.6 is 0 Å². The third-order valence-corrected chi connectivity index (χ3v) is 5.09. The quantitative estimate of drug-likeness (QED) is 0.468. The van der Waals surface area contributed by atoms with Crippen molar-refractivity contribution in [1.82, 2.24) is 20.0 Å². The summed E-state index contributed by atoms with van der Waals surface area (Å²) in [5.74, 6) is 0. The Balaban J connectivity index is 1.59. The second-order valence-corrected chi connectivity index (χ2v) is 7.04. The maximum absolute atomic E-state index is 10.8. The zero-order valence-electron chi connectivity index (χ0n) is 15.5. The molecule has 2 heterocycles. The highest BCUT2D eigenvalue weighted by molar-refractivity contribution is 5.64. The molecule has 3 rings (SSSR count). The number of rotatable bonds is 7. The molecule has 0 bridgehead atoms. The third-order valence-electron chi connectivity index (χ3n) is 5.09. The molecule has 0 amide bonds. The highest BCUT2D eigenvalue weighted by atomic mass is 16.6. The van der Waals surface area contributed by atoms with Gasteiger partial charge in [0.05, 0.1) is 10.6 Å². The van der Waals surface area contributed by atoms with Gasteiger partial charge in [0.1, 0.15) is 0 Å². The molecule has 1 N–H and O–H groups in total. The van der Waals surface area contributed by atoms with Gasteiger partial charge in [-0.1, -0.05) is 6.42 Å². The van der Waals surface area contributed by atoms with Gasteiger partial charge < -0.3 is 5.32 Å². The van der Waals surface area contributed by atoms with E-state index in [4.69, 9.17) is 0 Å². The number of piperidine rings is 1. The van der Waals surface area contributed by atoms with Crippen LogP contribution < -0.4 is 5.32 Å². The summed E-state index contributed by atoms with van der Waals surface area (Å²) < 4.78 is 1.79. The van der Waals surface area contributed by atoms with Gasteiger partial charge in [0, 0.05) is 62.2 Å². The van der Waals surface area contributed by atoms with Crippen LogP contribution in [0.3, 0.4) is 0 Å². The van der Waals surface area contributed by atoms with Crippen molar-refractivity contribution in [3.05, 3.63) is 46.1 Å². The molecule has 26 heavy (non-hydrogen) atoms. The largest absolute Gasteiger partial charge is 0.311 e. The second-order valence-electron chi connectivity index (χ2n) is 7.04. The third kappa shape index (κ3) is 4.47. The molecule has 2 aromatic rings. The summed E-state index contributed by atoms with van der Waals surface area (Å²) >= 11 is 0. The lowest BCUT2D eigenvalue weighted by molar-refractivity contribution is -0.384. The standard InChI is InChI=1S/C19H27N5O2/c1-15-5-3-4-11-23(15)12-10-20-13-17-14-22(2)21-19(17)16-6-8-18(9-7-16)24(25)26/h6-9,14-15,20H,3-5,10-13H2,1-2H3. The van der Waals surface area contributed by atoms with Gasteiger partial charge in [0.2, 0.25) is 0 Å². The summed E-state index contributed by atoms with van der Waals surface area (Å²) in [6, 6.07) is 7.26. The van der Waals surface area contributed by atoms with Gasteiger partial charge in [-0.2, -0.15) is 5.10 Å². The lowest BCUT2D eigenvalue weighted by Crippen LogP contribution is -2.41. The Morgan fingerprint density at radius 3 is 2.77 bits per heavy atom. The molecule has 7 nitrogen and oxygen atoms in total. The molecule has 1 unspecified atom stereocenters. The number of nitrogens with one attached hydrogen (secondary N) is 1. The van der Waals surface area contributed by atoms with Crippen molar-refractivity contribution >= 4 is 5.69 Å². The van der Waals surface area contributed by atoms with Crippen molar-refractivity contribution in [2.75, 3.05) is 19.6 Å². The Hall–Kier alpha value is -2.25. The lowest BCUT2D eigenvalue weighted by Gasteiger charge is -2.33. The Labute approximate surface area is 154 Å². The van der Waals surface area contributed by atoms with E-state index < -0.39 is 0 Å². The van der Waals surface area contributed by atoms with E-state index in [-0.39, 0.29) is 10.6 Å². The van der Waals surface area contributed by atoms with Gasteiger partial charge in [-0.15, -0.1) is 0 Å². The average Bonchev–Trinajstić information content (AvgIpc) is 3.01. The molecule has 1 aromatic carbocycles. The van der Waals surface area contributed by atoms with E-state index in [9.17, 15) is 10.1 Å². The first-order valence-electron chi connectivity index (χ1n) is 9.26. The number of benzene rings is 1. The van der Waals surface area contributed by atoms with E-state index in [0.717, 1.165) is 36.5 Å². The van der Waals surface area contributed by atoms with E-state index in [1.807, 2.05) is 13.2 Å². The molecular formula is C19H27N5O2. The van der Waals surface area contributed by atoms with Crippen LogP contribution in [0.4, 0.5) is 5.69 Å². The summed E-state index contributed by atoms with van der Waals surface area (Å²) in [7, 11) is 1.90. The van der Waals surface area contributed by atoms with Crippen molar-refractivity contribution in [1.29, 1.82) is 0 Å². The number of nitro benzene ring substituents is 1. The van der Waals surface area contributed by atoms with E-state index in [1.165, 1.54) is 37.9 Å². The van der Waals surface area contributed by atoms with Crippen LogP contribution in [0.5, 0.6) is 0 Å². The minimum absolute atomic E-state index is 0.0972. The van der Waals surface area contributed by atoms with Crippen LogP contribution in [-0.4, -0.2) is 45.3 Å². The van der Waals surface area contributed by atoms with Crippen LogP contribution in [0.25, 0.3) is 11.3 Å². The molecule has 0 saturated carbocycles. The van der Waals surface area contributed by atoms with Gasteiger partial charge >= 0.3 is 0 Å². The van der Waals surface area contributed by atoms with Crippen LogP contribution in [0.2, 0.25) is 0 Å². The Morgan fingerprint density at radius 2 is 2.08 bits per heavy atom. The molecule has 1 atom stereocenters. The maximum Gasteiger partial charge on any atom is 0.269 e. The fourth-order valence-electron chi connectivity index (χ4n) is 3.59. The highest BCUT2D eigenvalue weighted by Crippen LogP contribution is 2.24. The maximum atomic E-state index is 10.8.